The highest BCUT2D eigenvalue weighted by Crippen LogP contribution is 2.64. The molecule has 0 aromatic carbocycles. The zero-order chi connectivity index (χ0) is 17.2. The van der Waals surface area contributed by atoms with E-state index in [4.69, 9.17) is 14.5 Å². The Labute approximate surface area is 138 Å². The van der Waals surface area contributed by atoms with Gasteiger partial charge in [-0.1, -0.05) is 81.6 Å². The van der Waals surface area contributed by atoms with Gasteiger partial charge < -0.3 is 4.74 Å². The normalized spacial score (nSPS) is 20.0. The minimum atomic E-state index is -0.900. The van der Waals surface area contributed by atoms with E-state index in [9.17, 15) is 0 Å². The van der Waals surface area contributed by atoms with Crippen LogP contribution in [0.25, 0.3) is 0 Å². The molecular formula is C19H38O3. The van der Waals surface area contributed by atoms with E-state index < -0.39 is 5.97 Å². The van der Waals surface area contributed by atoms with Crippen LogP contribution in [0.1, 0.15) is 88.0 Å². The van der Waals surface area contributed by atoms with Crippen LogP contribution < -0.4 is 0 Å². The molecule has 22 heavy (non-hydrogen) atoms. The summed E-state index contributed by atoms with van der Waals surface area (Å²) in [6, 6.07) is 0. The van der Waals surface area contributed by atoms with E-state index in [1.165, 1.54) is 19.3 Å². The van der Waals surface area contributed by atoms with Crippen LogP contribution in [0, 0.1) is 22.2 Å². The number of hydrogen-bond donors (Lipinski definition) is 0. The van der Waals surface area contributed by atoms with E-state index in [2.05, 4.69) is 62.3 Å². The Bertz CT molecular complexity index is 331. The molecule has 1 heterocycles. The molecule has 1 atom stereocenters. The molecule has 0 spiro atoms. The van der Waals surface area contributed by atoms with Crippen molar-refractivity contribution in [3.8, 4) is 0 Å². The largest absolute Gasteiger partial charge is 0.346 e. The summed E-state index contributed by atoms with van der Waals surface area (Å²) in [5.74, 6) is -0.322. The summed E-state index contributed by atoms with van der Waals surface area (Å²) in [6.45, 7) is 20.8. The molecule has 1 aliphatic rings. The third-order valence-electron chi connectivity index (χ3n) is 5.90. The van der Waals surface area contributed by atoms with Crippen molar-refractivity contribution in [3.63, 3.8) is 0 Å². The molecule has 0 aromatic heterocycles. The molecule has 1 aliphatic heterocycles. The van der Waals surface area contributed by atoms with Gasteiger partial charge in [0, 0.05) is 0 Å². The molecule has 132 valence electrons. The van der Waals surface area contributed by atoms with E-state index in [1.807, 2.05) is 0 Å². The SMILES string of the molecule is CCCCC(CC)COC1(C(C)(C(C)(C)C)C(C)(C)C)OO1. The van der Waals surface area contributed by atoms with Crippen LogP contribution in [0.3, 0.4) is 0 Å². The van der Waals surface area contributed by atoms with Crippen LogP contribution in [0.15, 0.2) is 0 Å². The average Bonchev–Trinajstić information content (AvgIpc) is 3.16. The van der Waals surface area contributed by atoms with Crippen molar-refractivity contribution in [3.05, 3.63) is 0 Å². The van der Waals surface area contributed by atoms with Gasteiger partial charge in [-0.2, -0.15) is 9.78 Å². The second-order valence-electron chi connectivity index (χ2n) is 9.08. The molecule has 0 aliphatic carbocycles. The molecule has 0 N–H and O–H groups in total. The van der Waals surface area contributed by atoms with Crippen molar-refractivity contribution < 1.29 is 14.5 Å². The number of unbranched alkanes of at least 4 members (excludes halogenated alkanes) is 1. The molecule has 1 rings (SSSR count). The predicted molar refractivity (Wildman–Crippen MR) is 91.2 cm³/mol. The fraction of sp³-hybridized carbons (Fsp3) is 1.00. The van der Waals surface area contributed by atoms with Crippen molar-refractivity contribution in [1.82, 2.24) is 0 Å². The van der Waals surface area contributed by atoms with Crippen LogP contribution in [-0.2, 0) is 14.5 Å². The average molecular weight is 315 g/mol. The van der Waals surface area contributed by atoms with Gasteiger partial charge in [0.1, 0.15) is 0 Å². The van der Waals surface area contributed by atoms with Crippen molar-refractivity contribution in [2.45, 2.75) is 94.0 Å². The lowest BCUT2D eigenvalue weighted by Crippen LogP contribution is -2.55. The first-order valence-corrected chi connectivity index (χ1v) is 8.96. The van der Waals surface area contributed by atoms with Crippen molar-refractivity contribution in [1.29, 1.82) is 0 Å². The summed E-state index contributed by atoms with van der Waals surface area (Å²) in [7, 11) is 0. The molecular weight excluding hydrogens is 276 g/mol. The maximum atomic E-state index is 6.26. The molecule has 1 saturated heterocycles. The first-order valence-electron chi connectivity index (χ1n) is 8.96. The van der Waals surface area contributed by atoms with Crippen LogP contribution >= 0.6 is 0 Å². The first-order chi connectivity index (χ1) is 9.95. The highest BCUT2D eigenvalue weighted by atomic mass is 17.5. The lowest BCUT2D eigenvalue weighted by atomic mass is 9.54. The Kier molecular flexibility index (Phi) is 6.14. The Morgan fingerprint density at radius 1 is 0.909 bits per heavy atom. The summed E-state index contributed by atoms with van der Waals surface area (Å²) in [6.07, 6.45) is 4.84. The van der Waals surface area contributed by atoms with E-state index in [-0.39, 0.29) is 16.2 Å². The summed E-state index contributed by atoms with van der Waals surface area (Å²) < 4.78 is 6.26. The Hall–Kier alpha value is -0.120. The molecule has 1 fully saturated rings. The summed E-state index contributed by atoms with van der Waals surface area (Å²) in [5.41, 5.74) is -0.268. The van der Waals surface area contributed by atoms with Crippen molar-refractivity contribution in [2.75, 3.05) is 6.61 Å². The Balaban J connectivity index is 2.88. The van der Waals surface area contributed by atoms with Gasteiger partial charge in [0.15, 0.2) is 0 Å². The molecule has 0 radical (unpaired) electrons. The minimum absolute atomic E-state index is 0.00706. The van der Waals surface area contributed by atoms with Crippen LogP contribution in [0.4, 0.5) is 0 Å². The summed E-state index contributed by atoms with van der Waals surface area (Å²) >= 11 is 0. The quantitative estimate of drug-likeness (QED) is 0.411. The topological polar surface area (TPSA) is 34.3 Å². The van der Waals surface area contributed by atoms with Crippen LogP contribution in [-0.4, -0.2) is 12.6 Å². The van der Waals surface area contributed by atoms with Gasteiger partial charge in [0.2, 0.25) is 0 Å². The Morgan fingerprint density at radius 3 is 1.73 bits per heavy atom. The van der Waals surface area contributed by atoms with Gasteiger partial charge in [-0.25, -0.2) is 0 Å². The molecule has 0 bridgehead atoms. The van der Waals surface area contributed by atoms with Crippen molar-refractivity contribution >= 4 is 0 Å². The molecule has 3 nitrogen and oxygen atoms in total. The van der Waals surface area contributed by atoms with E-state index in [0.717, 1.165) is 6.42 Å². The van der Waals surface area contributed by atoms with E-state index >= 15 is 0 Å². The van der Waals surface area contributed by atoms with Gasteiger partial charge in [-0.05, 0) is 23.2 Å². The molecule has 0 aromatic rings. The monoisotopic (exact) mass is 314 g/mol. The third kappa shape index (κ3) is 3.68. The molecule has 0 saturated carbocycles. The van der Waals surface area contributed by atoms with Gasteiger partial charge in [0.25, 0.3) is 0 Å². The van der Waals surface area contributed by atoms with E-state index in [0.29, 0.717) is 12.5 Å². The lowest BCUT2D eigenvalue weighted by Gasteiger charge is -2.51. The zero-order valence-electron chi connectivity index (χ0n) is 16.3. The Morgan fingerprint density at radius 2 is 1.41 bits per heavy atom. The maximum absolute atomic E-state index is 6.26. The third-order valence-corrected chi connectivity index (χ3v) is 5.90. The van der Waals surface area contributed by atoms with Gasteiger partial charge >= 0.3 is 5.97 Å². The second-order valence-corrected chi connectivity index (χ2v) is 9.08. The number of ether oxygens (including phenoxy) is 1. The van der Waals surface area contributed by atoms with Crippen LogP contribution in [0.2, 0.25) is 0 Å². The standard InChI is InChI=1S/C19H38O3/c1-10-12-13-15(11-2)14-20-19(21-22-19)18(9,16(3,4)5)17(6,7)8/h15H,10-14H2,1-9H3. The highest BCUT2D eigenvalue weighted by molar-refractivity contribution is 5.03. The van der Waals surface area contributed by atoms with Crippen LogP contribution in [0.5, 0.6) is 0 Å². The van der Waals surface area contributed by atoms with Gasteiger partial charge in [-0.3, -0.25) is 0 Å². The first kappa shape index (κ1) is 19.9. The highest BCUT2D eigenvalue weighted by Gasteiger charge is 2.73. The number of rotatable bonds is 8. The maximum Gasteiger partial charge on any atom is 0.346 e. The molecule has 0 amide bonds. The summed E-state index contributed by atoms with van der Waals surface area (Å²) in [5, 5.41) is 0. The smallest absolute Gasteiger partial charge is 0.323 e. The second kappa shape index (κ2) is 6.78. The van der Waals surface area contributed by atoms with E-state index in [1.54, 1.807) is 0 Å². The van der Waals surface area contributed by atoms with Gasteiger partial charge in [0.05, 0.1) is 12.0 Å². The van der Waals surface area contributed by atoms with Crippen molar-refractivity contribution in [2.24, 2.45) is 22.2 Å². The zero-order valence-corrected chi connectivity index (χ0v) is 16.3. The minimum Gasteiger partial charge on any atom is -0.323 e. The van der Waals surface area contributed by atoms with Gasteiger partial charge in [-0.15, -0.1) is 0 Å². The number of hydrogen-bond acceptors (Lipinski definition) is 3. The predicted octanol–water partition coefficient (Wildman–Crippen LogP) is 5.93. The fourth-order valence-corrected chi connectivity index (χ4v) is 3.57. The molecule has 3 heteroatoms. The lowest BCUT2D eigenvalue weighted by molar-refractivity contribution is -0.227. The molecule has 1 unspecified atom stereocenters. The summed E-state index contributed by atoms with van der Waals surface area (Å²) in [4.78, 5) is 11.0. The fourth-order valence-electron chi connectivity index (χ4n) is 3.57.